The summed E-state index contributed by atoms with van der Waals surface area (Å²) in [6.45, 7) is 2.24. The van der Waals surface area contributed by atoms with Crippen LogP contribution in [0.3, 0.4) is 0 Å². The topological polar surface area (TPSA) is 39.2 Å². The van der Waals surface area contributed by atoms with E-state index in [4.69, 9.17) is 16.3 Å². The maximum atomic E-state index is 12.0. The van der Waals surface area contributed by atoms with Gasteiger partial charge in [-0.1, -0.05) is 11.6 Å². The summed E-state index contributed by atoms with van der Waals surface area (Å²) in [5.41, 5.74) is 0.379. The number of benzene rings is 1. The number of rotatable bonds is 3. The highest BCUT2D eigenvalue weighted by Gasteiger charge is 2.55. The van der Waals surface area contributed by atoms with Gasteiger partial charge in [0.25, 0.3) is 0 Å². The number of ether oxygens (including phenoxy) is 1. The number of carbonyl (C=O) groups is 1. The van der Waals surface area contributed by atoms with E-state index in [0.29, 0.717) is 11.6 Å². The zero-order valence-corrected chi connectivity index (χ0v) is 11.5. The van der Waals surface area contributed by atoms with Crippen molar-refractivity contribution in [3.8, 4) is 0 Å². The summed E-state index contributed by atoms with van der Waals surface area (Å²) in [5.74, 6) is -0.143. The van der Waals surface area contributed by atoms with Crippen molar-refractivity contribution in [2.45, 2.75) is 25.2 Å². The van der Waals surface area contributed by atoms with E-state index >= 15 is 0 Å². The zero-order valence-electron chi connectivity index (χ0n) is 9.90. The van der Waals surface area contributed by atoms with Crippen LogP contribution in [-0.2, 0) is 14.9 Å². The molecule has 0 unspecified atom stereocenters. The van der Waals surface area contributed by atoms with Crippen LogP contribution in [0.1, 0.15) is 24.8 Å². The van der Waals surface area contributed by atoms with Crippen molar-refractivity contribution < 1.29 is 9.53 Å². The Morgan fingerprint density at radius 3 is 3.00 bits per heavy atom. The first-order valence-electron chi connectivity index (χ1n) is 5.89. The molecule has 1 aliphatic carbocycles. The van der Waals surface area contributed by atoms with E-state index in [1.807, 2.05) is 25.1 Å². The maximum absolute atomic E-state index is 12.0. The number of hydrogen-bond acceptors (Lipinski definition) is 4. The number of hydrogen-bond donors (Lipinski definition) is 0. The monoisotopic (exact) mass is 281 g/mol. The smallest absolute Gasteiger partial charge is 0.319 e. The van der Waals surface area contributed by atoms with Gasteiger partial charge in [-0.15, -0.1) is 11.3 Å². The molecule has 0 bridgehead atoms. The largest absolute Gasteiger partial charge is 0.465 e. The predicted octanol–water partition coefficient (Wildman–Crippen LogP) is 3.54. The average molecular weight is 282 g/mol. The van der Waals surface area contributed by atoms with E-state index in [0.717, 1.165) is 28.1 Å². The summed E-state index contributed by atoms with van der Waals surface area (Å²) in [4.78, 5) is 16.5. The summed E-state index contributed by atoms with van der Waals surface area (Å²) < 4.78 is 6.21. The van der Waals surface area contributed by atoms with Crippen molar-refractivity contribution in [3.63, 3.8) is 0 Å². The van der Waals surface area contributed by atoms with Crippen molar-refractivity contribution in [1.82, 2.24) is 4.98 Å². The van der Waals surface area contributed by atoms with Gasteiger partial charge < -0.3 is 4.74 Å². The fourth-order valence-electron chi connectivity index (χ4n) is 2.00. The first kappa shape index (κ1) is 11.9. The summed E-state index contributed by atoms with van der Waals surface area (Å²) in [5, 5.41) is 1.53. The number of nitrogens with zero attached hydrogens (tertiary/aromatic N) is 1. The average Bonchev–Trinajstić information content (AvgIpc) is 3.05. The fourth-order valence-corrected chi connectivity index (χ4v) is 3.35. The minimum Gasteiger partial charge on any atom is -0.465 e. The fraction of sp³-hybridized carbons (Fsp3) is 0.385. The molecule has 3 nitrogen and oxygen atoms in total. The Morgan fingerprint density at radius 2 is 2.33 bits per heavy atom. The van der Waals surface area contributed by atoms with Crippen molar-refractivity contribution in [3.05, 3.63) is 28.2 Å². The highest BCUT2D eigenvalue weighted by Crippen LogP contribution is 2.51. The second-order valence-electron chi connectivity index (χ2n) is 4.43. The highest BCUT2D eigenvalue weighted by molar-refractivity contribution is 7.18. The second-order valence-corrected chi connectivity index (χ2v) is 5.90. The molecule has 0 spiro atoms. The Hall–Kier alpha value is -1.13. The molecule has 0 aliphatic heterocycles. The lowest BCUT2D eigenvalue weighted by atomic mass is 10.1. The van der Waals surface area contributed by atoms with Crippen molar-refractivity contribution in [2.24, 2.45) is 0 Å². The van der Waals surface area contributed by atoms with Gasteiger partial charge in [0.1, 0.15) is 10.4 Å². The van der Waals surface area contributed by atoms with E-state index < -0.39 is 5.41 Å². The molecule has 2 aromatic rings. The molecular formula is C13H12ClNO2S. The van der Waals surface area contributed by atoms with Crippen LogP contribution in [0, 0.1) is 0 Å². The van der Waals surface area contributed by atoms with Crippen LogP contribution in [0.25, 0.3) is 10.2 Å². The zero-order chi connectivity index (χ0) is 12.8. The van der Waals surface area contributed by atoms with Crippen LogP contribution in [0.15, 0.2) is 18.2 Å². The van der Waals surface area contributed by atoms with Crippen LogP contribution in [0.2, 0.25) is 5.02 Å². The van der Waals surface area contributed by atoms with Crippen LogP contribution < -0.4 is 0 Å². The van der Waals surface area contributed by atoms with E-state index in [2.05, 4.69) is 4.98 Å². The Bertz CT molecular complexity index is 618. The molecule has 94 valence electrons. The molecule has 1 aromatic heterocycles. The third kappa shape index (κ3) is 1.80. The highest BCUT2D eigenvalue weighted by atomic mass is 35.5. The van der Waals surface area contributed by atoms with Gasteiger partial charge >= 0.3 is 5.97 Å². The van der Waals surface area contributed by atoms with E-state index in [-0.39, 0.29) is 5.97 Å². The number of thiazole rings is 1. The Balaban J connectivity index is 2.02. The third-order valence-corrected chi connectivity index (χ3v) is 4.65. The van der Waals surface area contributed by atoms with Gasteiger partial charge in [0.15, 0.2) is 0 Å². The summed E-state index contributed by atoms with van der Waals surface area (Å²) in [6, 6.07) is 5.62. The minimum atomic E-state index is -0.480. The Labute approximate surface area is 114 Å². The minimum absolute atomic E-state index is 0.143. The molecule has 3 rings (SSSR count). The quantitative estimate of drug-likeness (QED) is 0.808. The van der Waals surface area contributed by atoms with Gasteiger partial charge in [0.05, 0.1) is 16.8 Å². The summed E-state index contributed by atoms with van der Waals surface area (Å²) in [6.07, 6.45) is 1.67. The van der Waals surface area contributed by atoms with Crippen molar-refractivity contribution in [1.29, 1.82) is 0 Å². The Kier molecular flexibility index (Phi) is 2.79. The van der Waals surface area contributed by atoms with Crippen LogP contribution in [-0.4, -0.2) is 17.6 Å². The van der Waals surface area contributed by atoms with Crippen LogP contribution in [0.4, 0.5) is 0 Å². The molecule has 0 saturated heterocycles. The van der Waals surface area contributed by atoms with Crippen molar-refractivity contribution in [2.75, 3.05) is 6.61 Å². The van der Waals surface area contributed by atoms with Gasteiger partial charge in [0, 0.05) is 5.02 Å². The number of halogens is 1. The molecular weight excluding hydrogens is 270 g/mol. The molecule has 0 N–H and O–H groups in total. The maximum Gasteiger partial charge on any atom is 0.319 e. The van der Waals surface area contributed by atoms with Gasteiger partial charge in [-0.2, -0.15) is 0 Å². The van der Waals surface area contributed by atoms with Gasteiger partial charge in [-0.3, -0.25) is 4.79 Å². The molecule has 0 radical (unpaired) electrons. The van der Waals surface area contributed by atoms with E-state index in [1.54, 1.807) is 11.3 Å². The first-order chi connectivity index (χ1) is 8.65. The Morgan fingerprint density at radius 1 is 1.56 bits per heavy atom. The van der Waals surface area contributed by atoms with E-state index in [9.17, 15) is 4.79 Å². The third-order valence-electron chi connectivity index (χ3n) is 3.18. The van der Waals surface area contributed by atoms with Gasteiger partial charge in [-0.05, 0) is 38.0 Å². The molecule has 5 heteroatoms. The van der Waals surface area contributed by atoms with Gasteiger partial charge in [0.2, 0.25) is 0 Å². The van der Waals surface area contributed by atoms with Crippen molar-refractivity contribution >= 4 is 39.1 Å². The standard InChI is InChI=1S/C13H12ClNO2S/c1-2-17-12(16)13(5-6-13)11-15-9-7-8(14)3-4-10(9)18-11/h3-4,7H,2,5-6H2,1H3. The SMILES string of the molecule is CCOC(=O)C1(c2nc3cc(Cl)ccc3s2)CC1. The van der Waals surface area contributed by atoms with Gasteiger partial charge in [-0.25, -0.2) is 4.98 Å². The molecule has 0 amide bonds. The number of esters is 1. The van der Waals surface area contributed by atoms with E-state index in [1.165, 1.54) is 0 Å². The summed E-state index contributed by atoms with van der Waals surface area (Å²) >= 11 is 7.50. The molecule has 1 fully saturated rings. The van der Waals surface area contributed by atoms with Crippen LogP contribution >= 0.6 is 22.9 Å². The molecule has 1 aliphatic rings. The molecule has 1 saturated carbocycles. The normalized spacial score (nSPS) is 16.8. The number of fused-ring (bicyclic) bond motifs is 1. The lowest BCUT2D eigenvalue weighted by molar-refractivity contribution is -0.146. The molecule has 0 atom stereocenters. The number of aromatic nitrogens is 1. The second kappa shape index (κ2) is 4.21. The lowest BCUT2D eigenvalue weighted by Gasteiger charge is -2.09. The first-order valence-corrected chi connectivity index (χ1v) is 7.09. The predicted molar refractivity (Wildman–Crippen MR) is 72.2 cm³/mol. The number of carbonyl (C=O) groups excluding carboxylic acids is 1. The molecule has 1 heterocycles. The lowest BCUT2D eigenvalue weighted by Crippen LogP contribution is -2.22. The van der Waals surface area contributed by atoms with Crippen LogP contribution in [0.5, 0.6) is 0 Å². The summed E-state index contributed by atoms with van der Waals surface area (Å²) in [7, 11) is 0. The molecule has 1 aromatic carbocycles. The molecule has 18 heavy (non-hydrogen) atoms.